The second kappa shape index (κ2) is 15.2. The molecule has 0 radical (unpaired) electrons. The fourth-order valence-electron chi connectivity index (χ4n) is 4.97. The highest BCUT2D eigenvalue weighted by molar-refractivity contribution is 9.10. The van der Waals surface area contributed by atoms with E-state index in [1.54, 1.807) is 69.3 Å². The van der Waals surface area contributed by atoms with Crippen LogP contribution in [0.3, 0.4) is 0 Å². The molecule has 4 aromatic carbocycles. The van der Waals surface area contributed by atoms with E-state index < -0.39 is 46.2 Å². The molecule has 0 heterocycles. The van der Waals surface area contributed by atoms with Gasteiger partial charge in [-0.05, 0) is 74.4 Å². The van der Waals surface area contributed by atoms with Gasteiger partial charge in [0.1, 0.15) is 12.6 Å². The molecule has 1 N–H and O–H groups in total. The number of aryl methyl sites for hydroxylation is 1. The lowest BCUT2D eigenvalue weighted by molar-refractivity contribution is -0.140. The molecule has 0 aliphatic carbocycles. The summed E-state index contributed by atoms with van der Waals surface area (Å²) in [5.74, 6) is -1.24. The summed E-state index contributed by atoms with van der Waals surface area (Å²) >= 11 is 3.43. The maximum atomic E-state index is 14.5. The van der Waals surface area contributed by atoms with Crippen LogP contribution in [0.25, 0.3) is 0 Å². The van der Waals surface area contributed by atoms with E-state index >= 15 is 0 Å². The van der Waals surface area contributed by atoms with E-state index in [-0.39, 0.29) is 29.6 Å². The van der Waals surface area contributed by atoms with Crippen molar-refractivity contribution in [2.24, 2.45) is 0 Å². The Labute approximate surface area is 281 Å². The van der Waals surface area contributed by atoms with Gasteiger partial charge < -0.3 is 10.2 Å². The average Bonchev–Trinajstić information content (AvgIpc) is 3.01. The molecule has 0 unspecified atom stereocenters. The van der Waals surface area contributed by atoms with Crippen molar-refractivity contribution in [3.63, 3.8) is 0 Å². The molecular weight excluding hydrogens is 695 g/mol. The van der Waals surface area contributed by atoms with Crippen LogP contribution >= 0.6 is 15.9 Å². The number of benzene rings is 4. The lowest BCUT2D eigenvalue weighted by Crippen LogP contribution is -2.54. The third-order valence-corrected chi connectivity index (χ3v) is 9.57. The number of alkyl halides is 3. The minimum atomic E-state index is -4.76. The number of nitrogens with zero attached hydrogens (tertiary/aromatic N) is 2. The SMILES string of the molecule is Cc1ccc(S(=O)(=O)N(CC(=O)N(Cc2cccc(Br)c2)[C@@H](Cc2ccccc2)C(=O)NC(C)C)c2cccc(C(F)(F)F)c2)cc1. The lowest BCUT2D eigenvalue weighted by Gasteiger charge is -2.34. The van der Waals surface area contributed by atoms with Crippen LogP contribution in [0.2, 0.25) is 0 Å². The molecule has 7 nitrogen and oxygen atoms in total. The molecule has 4 aromatic rings. The van der Waals surface area contributed by atoms with E-state index in [0.29, 0.717) is 15.9 Å². The number of nitrogens with one attached hydrogen (secondary N) is 1. The molecule has 47 heavy (non-hydrogen) atoms. The molecule has 0 aliphatic heterocycles. The van der Waals surface area contributed by atoms with Gasteiger partial charge in [-0.1, -0.05) is 82.2 Å². The summed E-state index contributed by atoms with van der Waals surface area (Å²) in [6.45, 7) is 4.37. The van der Waals surface area contributed by atoms with Gasteiger partial charge in [0.15, 0.2) is 0 Å². The van der Waals surface area contributed by atoms with Crippen LogP contribution < -0.4 is 9.62 Å². The van der Waals surface area contributed by atoms with Crippen LogP contribution in [0.5, 0.6) is 0 Å². The molecule has 2 amide bonds. The number of rotatable bonds is 12. The molecule has 1 atom stereocenters. The Balaban J connectivity index is 1.85. The second-order valence-electron chi connectivity index (χ2n) is 11.4. The van der Waals surface area contributed by atoms with E-state index in [9.17, 15) is 31.2 Å². The number of sulfonamides is 1. The minimum Gasteiger partial charge on any atom is -0.352 e. The number of halogens is 4. The number of hydrogen-bond acceptors (Lipinski definition) is 4. The van der Waals surface area contributed by atoms with E-state index in [0.717, 1.165) is 27.7 Å². The summed E-state index contributed by atoms with van der Waals surface area (Å²) in [5.41, 5.74) is 0.754. The maximum absolute atomic E-state index is 14.5. The smallest absolute Gasteiger partial charge is 0.352 e. The number of amides is 2. The number of carbonyl (C=O) groups excluding carboxylic acids is 2. The molecule has 0 fully saturated rings. The van der Waals surface area contributed by atoms with Crippen molar-refractivity contribution in [2.75, 3.05) is 10.8 Å². The predicted octanol–water partition coefficient (Wildman–Crippen LogP) is 7.14. The summed E-state index contributed by atoms with van der Waals surface area (Å²) in [4.78, 5) is 29.3. The van der Waals surface area contributed by atoms with Gasteiger partial charge in [0.05, 0.1) is 16.1 Å². The van der Waals surface area contributed by atoms with Crippen molar-refractivity contribution >= 4 is 43.5 Å². The van der Waals surface area contributed by atoms with Gasteiger partial charge in [0.25, 0.3) is 10.0 Å². The quantitative estimate of drug-likeness (QED) is 0.168. The molecule has 0 aliphatic rings. The first-order valence-electron chi connectivity index (χ1n) is 14.8. The van der Waals surface area contributed by atoms with Crippen molar-refractivity contribution in [1.29, 1.82) is 0 Å². The van der Waals surface area contributed by atoms with Crippen LogP contribution in [0.1, 0.15) is 36.1 Å². The fraction of sp³-hybridized carbons (Fsp3) is 0.257. The second-order valence-corrected chi connectivity index (χ2v) is 14.2. The van der Waals surface area contributed by atoms with Gasteiger partial charge >= 0.3 is 6.18 Å². The zero-order valence-electron chi connectivity index (χ0n) is 26.0. The van der Waals surface area contributed by atoms with Gasteiger partial charge in [-0.25, -0.2) is 8.42 Å². The van der Waals surface area contributed by atoms with Crippen molar-refractivity contribution in [2.45, 2.75) is 56.9 Å². The normalized spacial score (nSPS) is 12.4. The first-order valence-corrected chi connectivity index (χ1v) is 17.0. The zero-order valence-corrected chi connectivity index (χ0v) is 28.4. The van der Waals surface area contributed by atoms with Gasteiger partial charge in [0.2, 0.25) is 11.8 Å². The van der Waals surface area contributed by atoms with Crippen LogP contribution in [-0.2, 0) is 38.8 Å². The standard InChI is InChI=1S/C35H35BrF3N3O4S/c1-24(2)40-34(44)32(20-26-9-5-4-6-10-26)41(22-27-11-7-13-29(36)19-27)33(43)23-42(30-14-8-12-28(21-30)35(37,38)39)47(45,46)31-17-15-25(3)16-18-31/h4-19,21,24,32H,20,22-23H2,1-3H3,(H,40,44)/t32-/m0/s1. The Morgan fingerprint density at radius 3 is 2.11 bits per heavy atom. The molecule has 0 saturated heterocycles. The highest BCUT2D eigenvalue weighted by Gasteiger charge is 2.36. The highest BCUT2D eigenvalue weighted by atomic mass is 79.9. The molecule has 0 bridgehead atoms. The number of carbonyl (C=O) groups is 2. The van der Waals surface area contributed by atoms with E-state index in [2.05, 4.69) is 21.2 Å². The van der Waals surface area contributed by atoms with Crippen LogP contribution in [0.4, 0.5) is 18.9 Å². The fourth-order valence-corrected chi connectivity index (χ4v) is 6.82. The van der Waals surface area contributed by atoms with Crippen molar-refractivity contribution in [1.82, 2.24) is 10.2 Å². The lowest BCUT2D eigenvalue weighted by atomic mass is 10.0. The van der Waals surface area contributed by atoms with E-state index in [1.165, 1.54) is 23.1 Å². The van der Waals surface area contributed by atoms with Crippen molar-refractivity contribution < 1.29 is 31.2 Å². The minimum absolute atomic E-state index is 0.0811. The highest BCUT2D eigenvalue weighted by Crippen LogP contribution is 2.33. The van der Waals surface area contributed by atoms with Crippen LogP contribution in [-0.4, -0.2) is 43.8 Å². The van der Waals surface area contributed by atoms with Gasteiger partial charge in [-0.2, -0.15) is 13.2 Å². The Hall–Kier alpha value is -4.16. The largest absolute Gasteiger partial charge is 0.416 e. The maximum Gasteiger partial charge on any atom is 0.416 e. The molecule has 4 rings (SSSR count). The molecular formula is C35H35BrF3N3O4S. The molecule has 248 valence electrons. The molecule has 0 spiro atoms. The van der Waals surface area contributed by atoms with E-state index in [1.807, 2.05) is 18.2 Å². The molecule has 0 saturated carbocycles. The third kappa shape index (κ3) is 9.45. The summed E-state index contributed by atoms with van der Waals surface area (Å²) in [6.07, 6.45) is -4.66. The predicted molar refractivity (Wildman–Crippen MR) is 179 cm³/mol. The molecule has 0 aromatic heterocycles. The van der Waals surface area contributed by atoms with Gasteiger partial charge in [-0.3, -0.25) is 13.9 Å². The Morgan fingerprint density at radius 2 is 1.49 bits per heavy atom. The summed E-state index contributed by atoms with van der Waals surface area (Å²) in [6, 6.07) is 24.4. The molecule has 12 heteroatoms. The Morgan fingerprint density at radius 1 is 0.851 bits per heavy atom. The van der Waals surface area contributed by atoms with Crippen LogP contribution in [0, 0.1) is 6.92 Å². The topological polar surface area (TPSA) is 86.8 Å². The third-order valence-electron chi connectivity index (χ3n) is 7.29. The Bertz CT molecular complexity index is 1800. The number of anilines is 1. The van der Waals surface area contributed by atoms with Gasteiger partial charge in [-0.15, -0.1) is 0 Å². The van der Waals surface area contributed by atoms with Crippen LogP contribution in [0.15, 0.2) is 112 Å². The van der Waals surface area contributed by atoms with Gasteiger partial charge in [0, 0.05) is 23.5 Å². The summed E-state index contributed by atoms with van der Waals surface area (Å²) in [5, 5.41) is 2.87. The summed E-state index contributed by atoms with van der Waals surface area (Å²) < 4.78 is 70.9. The zero-order chi connectivity index (χ0) is 34.4. The van der Waals surface area contributed by atoms with Crippen molar-refractivity contribution in [3.05, 3.63) is 130 Å². The first kappa shape index (κ1) is 35.7. The average molecular weight is 731 g/mol. The number of hydrogen-bond donors (Lipinski definition) is 1. The van der Waals surface area contributed by atoms with Crippen molar-refractivity contribution in [3.8, 4) is 0 Å². The first-order chi connectivity index (χ1) is 22.1. The monoisotopic (exact) mass is 729 g/mol. The Kier molecular flexibility index (Phi) is 11.5. The summed E-state index contributed by atoms with van der Waals surface area (Å²) in [7, 11) is -4.55. The van der Waals surface area contributed by atoms with E-state index in [4.69, 9.17) is 0 Å².